The third kappa shape index (κ3) is 4.39. The molecule has 1 saturated carbocycles. The predicted octanol–water partition coefficient (Wildman–Crippen LogP) is 2.46. The molecule has 2 N–H and O–H groups in total. The van der Waals surface area contributed by atoms with Crippen LogP contribution in [0.5, 0.6) is 0 Å². The molecule has 1 amide bonds. The summed E-state index contributed by atoms with van der Waals surface area (Å²) in [6, 6.07) is 10.5. The van der Waals surface area contributed by atoms with Crippen LogP contribution in [-0.4, -0.2) is 50.0 Å². The molecule has 7 nitrogen and oxygen atoms in total. The highest BCUT2D eigenvalue weighted by Gasteiger charge is 2.43. The smallest absolute Gasteiger partial charge is 0.224 e. The van der Waals surface area contributed by atoms with Gasteiger partial charge in [-0.25, -0.2) is 0 Å². The Kier molecular flexibility index (Phi) is 5.80. The van der Waals surface area contributed by atoms with Crippen molar-refractivity contribution >= 4 is 5.91 Å². The Balaban J connectivity index is 1.17. The minimum Gasteiger partial charge on any atom is -0.383 e. The van der Waals surface area contributed by atoms with Crippen LogP contribution < -0.4 is 5.32 Å². The molecule has 4 heterocycles. The van der Waals surface area contributed by atoms with Crippen LogP contribution in [0, 0.1) is 11.8 Å². The highest BCUT2D eigenvalue weighted by molar-refractivity contribution is 5.79. The predicted molar refractivity (Wildman–Crippen MR) is 117 cm³/mol. The fourth-order valence-corrected chi connectivity index (χ4v) is 5.75. The molecule has 31 heavy (non-hydrogen) atoms. The topological polar surface area (TPSA) is 83.3 Å². The van der Waals surface area contributed by atoms with E-state index in [9.17, 15) is 9.90 Å². The Morgan fingerprint density at radius 1 is 1.19 bits per heavy atom. The van der Waals surface area contributed by atoms with Gasteiger partial charge in [-0.3, -0.25) is 14.4 Å². The second-order valence-electron chi connectivity index (χ2n) is 9.66. The molecule has 2 bridgehead atoms. The number of rotatable bonds is 6. The third-order valence-electron chi connectivity index (χ3n) is 7.62. The van der Waals surface area contributed by atoms with Gasteiger partial charge in [0.05, 0.1) is 18.7 Å². The second-order valence-corrected chi connectivity index (χ2v) is 9.66. The molecule has 1 aromatic carbocycles. The fourth-order valence-electron chi connectivity index (χ4n) is 5.75. The highest BCUT2D eigenvalue weighted by atomic mass is 16.3. The molecule has 1 aliphatic carbocycles. The zero-order valence-electron chi connectivity index (χ0n) is 18.1. The van der Waals surface area contributed by atoms with E-state index in [1.165, 1.54) is 6.42 Å². The van der Waals surface area contributed by atoms with E-state index in [1.807, 2.05) is 41.2 Å². The second kappa shape index (κ2) is 8.71. The fraction of sp³-hybridized carbons (Fsp3) is 0.625. The minimum atomic E-state index is -0.801. The van der Waals surface area contributed by atoms with Gasteiger partial charge < -0.3 is 10.4 Å². The average Bonchev–Trinajstić information content (AvgIpc) is 3.29. The van der Waals surface area contributed by atoms with Crippen LogP contribution in [0.25, 0.3) is 0 Å². The molecule has 166 valence electrons. The Hall–Kier alpha value is -2.25. The lowest BCUT2D eigenvalue weighted by Gasteiger charge is -2.49. The molecule has 1 aromatic heterocycles. The molecular weight excluding hydrogens is 390 g/mol. The zero-order valence-corrected chi connectivity index (χ0v) is 18.1. The van der Waals surface area contributed by atoms with Crippen molar-refractivity contribution in [2.75, 3.05) is 13.1 Å². The molecule has 6 rings (SSSR count). The van der Waals surface area contributed by atoms with Gasteiger partial charge in [0.1, 0.15) is 11.3 Å². The SMILES string of the molecule is O=C(NCc1ccccc1)[C@H]1CN2CC[C@H]1C[C@@H]2Cn1cc(C2(O)CCCCC2)nn1. The van der Waals surface area contributed by atoms with Crippen molar-refractivity contribution in [1.82, 2.24) is 25.2 Å². The number of carbonyl (C=O) groups excluding carboxylic acids is 1. The summed E-state index contributed by atoms with van der Waals surface area (Å²) in [5.41, 5.74) is 1.06. The van der Waals surface area contributed by atoms with E-state index in [0.717, 1.165) is 69.4 Å². The first-order valence-corrected chi connectivity index (χ1v) is 11.8. The van der Waals surface area contributed by atoms with Gasteiger partial charge in [-0.15, -0.1) is 5.10 Å². The number of hydrogen-bond acceptors (Lipinski definition) is 5. The van der Waals surface area contributed by atoms with Crippen LogP contribution in [0.2, 0.25) is 0 Å². The Bertz CT molecular complexity index is 892. The van der Waals surface area contributed by atoms with Crippen LogP contribution in [0.1, 0.15) is 56.2 Å². The van der Waals surface area contributed by atoms with Crippen LogP contribution in [0.15, 0.2) is 36.5 Å². The first-order chi connectivity index (χ1) is 15.1. The van der Waals surface area contributed by atoms with Crippen molar-refractivity contribution in [2.24, 2.45) is 11.8 Å². The molecule has 2 aromatic rings. The summed E-state index contributed by atoms with van der Waals surface area (Å²) in [5.74, 6) is 0.679. The molecule has 4 aliphatic rings. The number of benzene rings is 1. The number of amides is 1. The zero-order chi connectivity index (χ0) is 21.3. The number of fused-ring (bicyclic) bond motifs is 3. The van der Waals surface area contributed by atoms with Crippen molar-refractivity contribution < 1.29 is 9.90 Å². The van der Waals surface area contributed by atoms with Crippen LogP contribution in [-0.2, 0) is 23.5 Å². The van der Waals surface area contributed by atoms with E-state index < -0.39 is 5.60 Å². The van der Waals surface area contributed by atoms with E-state index in [0.29, 0.717) is 18.5 Å². The van der Waals surface area contributed by atoms with Crippen LogP contribution >= 0.6 is 0 Å². The average molecular weight is 424 g/mol. The first-order valence-electron chi connectivity index (χ1n) is 11.8. The minimum absolute atomic E-state index is 0.0722. The van der Waals surface area contributed by atoms with Gasteiger partial charge in [0.25, 0.3) is 0 Å². The quantitative estimate of drug-likeness (QED) is 0.746. The molecular formula is C24H33N5O2. The van der Waals surface area contributed by atoms with Crippen LogP contribution in [0.4, 0.5) is 0 Å². The number of nitrogens with zero attached hydrogens (tertiary/aromatic N) is 4. The van der Waals surface area contributed by atoms with E-state index in [-0.39, 0.29) is 11.8 Å². The highest BCUT2D eigenvalue weighted by Crippen LogP contribution is 2.38. The van der Waals surface area contributed by atoms with Gasteiger partial charge >= 0.3 is 0 Å². The lowest BCUT2D eigenvalue weighted by atomic mass is 9.75. The summed E-state index contributed by atoms with van der Waals surface area (Å²) in [5, 5.41) is 22.7. The van der Waals surface area contributed by atoms with Crippen molar-refractivity contribution in [3.8, 4) is 0 Å². The summed E-state index contributed by atoms with van der Waals surface area (Å²) in [6.45, 7) is 3.24. The number of nitrogens with one attached hydrogen (secondary N) is 1. The largest absolute Gasteiger partial charge is 0.383 e. The molecule has 3 saturated heterocycles. The van der Waals surface area contributed by atoms with E-state index in [1.54, 1.807) is 0 Å². The first kappa shape index (κ1) is 20.6. The summed E-state index contributed by atoms with van der Waals surface area (Å²) >= 11 is 0. The number of carbonyl (C=O) groups is 1. The lowest BCUT2D eigenvalue weighted by Crippen LogP contribution is -2.58. The maximum Gasteiger partial charge on any atom is 0.224 e. The van der Waals surface area contributed by atoms with E-state index in [4.69, 9.17) is 0 Å². The Morgan fingerprint density at radius 2 is 2.00 bits per heavy atom. The maximum absolute atomic E-state index is 12.8. The lowest BCUT2D eigenvalue weighted by molar-refractivity contribution is -0.133. The summed E-state index contributed by atoms with van der Waals surface area (Å²) in [7, 11) is 0. The number of aliphatic hydroxyl groups is 1. The summed E-state index contributed by atoms with van der Waals surface area (Å²) < 4.78 is 1.90. The summed E-state index contributed by atoms with van der Waals surface area (Å²) in [4.78, 5) is 15.3. The maximum atomic E-state index is 12.8. The number of aromatic nitrogens is 3. The Labute approximate surface area is 183 Å². The standard InChI is InChI=1S/C24H33N5O2/c30-23(25-14-18-7-3-1-4-8-18)21-16-28-12-9-19(21)13-20(28)15-29-17-22(26-27-29)24(31)10-5-2-6-11-24/h1,3-4,7-8,17,19-21,31H,2,5-6,9-16H2,(H,25,30)/t19-,20+,21-/m0/s1. The normalized spacial score (nSPS) is 29.6. The number of piperidine rings is 3. The van der Waals surface area contributed by atoms with Gasteiger partial charge in [0, 0.05) is 19.1 Å². The Morgan fingerprint density at radius 3 is 2.74 bits per heavy atom. The number of hydrogen-bond donors (Lipinski definition) is 2. The molecule has 1 unspecified atom stereocenters. The van der Waals surface area contributed by atoms with Crippen molar-refractivity contribution in [3.05, 3.63) is 47.8 Å². The van der Waals surface area contributed by atoms with Gasteiger partial charge in [0.2, 0.25) is 5.91 Å². The van der Waals surface area contributed by atoms with E-state index >= 15 is 0 Å². The van der Waals surface area contributed by atoms with Gasteiger partial charge in [-0.1, -0.05) is 54.8 Å². The molecule has 4 atom stereocenters. The van der Waals surface area contributed by atoms with Crippen molar-refractivity contribution in [3.63, 3.8) is 0 Å². The monoisotopic (exact) mass is 423 g/mol. The van der Waals surface area contributed by atoms with Crippen molar-refractivity contribution in [1.29, 1.82) is 0 Å². The molecule has 3 aliphatic heterocycles. The molecule has 7 heteroatoms. The molecule has 0 spiro atoms. The van der Waals surface area contributed by atoms with Gasteiger partial charge in [-0.05, 0) is 43.7 Å². The third-order valence-corrected chi connectivity index (χ3v) is 7.62. The van der Waals surface area contributed by atoms with E-state index in [2.05, 4.69) is 20.5 Å². The summed E-state index contributed by atoms with van der Waals surface area (Å²) in [6.07, 6.45) is 8.90. The van der Waals surface area contributed by atoms with Gasteiger partial charge in [-0.2, -0.15) is 0 Å². The molecule has 0 radical (unpaired) electrons. The van der Waals surface area contributed by atoms with Gasteiger partial charge in [0.15, 0.2) is 0 Å². The van der Waals surface area contributed by atoms with Crippen LogP contribution in [0.3, 0.4) is 0 Å². The van der Waals surface area contributed by atoms with Crippen molar-refractivity contribution in [2.45, 2.75) is 69.7 Å². The molecule has 4 fully saturated rings.